The predicted octanol–water partition coefficient (Wildman–Crippen LogP) is 0.834. The van der Waals surface area contributed by atoms with Crippen molar-refractivity contribution in [1.29, 1.82) is 0 Å². The van der Waals surface area contributed by atoms with Crippen LogP contribution in [0.4, 0.5) is 0 Å². The minimum atomic E-state index is 0.184. The lowest BCUT2D eigenvalue weighted by Crippen LogP contribution is -2.44. The lowest BCUT2D eigenvalue weighted by atomic mass is 9.98. The van der Waals surface area contributed by atoms with E-state index in [0.29, 0.717) is 12.5 Å². The molecule has 1 saturated heterocycles. The lowest BCUT2D eigenvalue weighted by molar-refractivity contribution is -0.122. The van der Waals surface area contributed by atoms with E-state index in [9.17, 15) is 4.79 Å². The average molecular weight is 241 g/mol. The number of amides is 1. The number of nitrogens with one attached hydrogen (secondary N) is 2. The Hall–Kier alpha value is -0.610. The van der Waals surface area contributed by atoms with E-state index in [1.165, 1.54) is 12.8 Å². The van der Waals surface area contributed by atoms with Crippen molar-refractivity contribution in [3.05, 3.63) is 0 Å². The van der Waals surface area contributed by atoms with Gasteiger partial charge in [0.2, 0.25) is 5.91 Å². The van der Waals surface area contributed by atoms with Crippen LogP contribution in [0.2, 0.25) is 0 Å². The largest absolute Gasteiger partial charge is 0.355 e. The van der Waals surface area contributed by atoms with E-state index < -0.39 is 0 Å². The van der Waals surface area contributed by atoms with Gasteiger partial charge >= 0.3 is 0 Å². The normalized spacial score (nSPS) is 21.4. The van der Waals surface area contributed by atoms with Crippen molar-refractivity contribution in [2.45, 2.75) is 32.6 Å². The molecule has 0 aromatic rings. The molecule has 1 fully saturated rings. The Bertz CT molecular complexity index is 219. The number of likely N-dealkylation sites (tertiary alicyclic amines) is 1. The second kappa shape index (κ2) is 8.48. The third kappa shape index (κ3) is 6.03. The summed E-state index contributed by atoms with van der Waals surface area (Å²) in [5.74, 6) is 0.890. The molecule has 0 radical (unpaired) electrons. The summed E-state index contributed by atoms with van der Waals surface area (Å²) in [6.45, 7) is 6.73. The number of unbranched alkanes of at least 4 members (excludes halogenated alkanes) is 1. The summed E-state index contributed by atoms with van der Waals surface area (Å²) in [5, 5.41) is 6.21. The van der Waals surface area contributed by atoms with Crippen LogP contribution in [0.3, 0.4) is 0 Å². The Morgan fingerprint density at radius 3 is 3.00 bits per heavy atom. The Morgan fingerprint density at radius 2 is 2.29 bits per heavy atom. The number of carbonyl (C=O) groups is 1. The van der Waals surface area contributed by atoms with Gasteiger partial charge in [0.25, 0.3) is 0 Å². The van der Waals surface area contributed by atoms with E-state index in [0.717, 1.165) is 39.0 Å². The molecule has 4 nitrogen and oxygen atoms in total. The van der Waals surface area contributed by atoms with Gasteiger partial charge in [0.05, 0.1) is 6.54 Å². The molecule has 17 heavy (non-hydrogen) atoms. The summed E-state index contributed by atoms with van der Waals surface area (Å²) in [5.41, 5.74) is 0. The van der Waals surface area contributed by atoms with Crippen LogP contribution in [0.1, 0.15) is 32.6 Å². The summed E-state index contributed by atoms with van der Waals surface area (Å²) < 4.78 is 0. The van der Waals surface area contributed by atoms with E-state index in [-0.39, 0.29) is 5.91 Å². The van der Waals surface area contributed by atoms with Crippen molar-refractivity contribution in [3.8, 4) is 0 Å². The number of carbonyl (C=O) groups excluding carboxylic acids is 1. The van der Waals surface area contributed by atoms with Gasteiger partial charge in [-0.2, -0.15) is 0 Å². The van der Waals surface area contributed by atoms with Crippen molar-refractivity contribution < 1.29 is 4.79 Å². The van der Waals surface area contributed by atoms with Crippen LogP contribution >= 0.6 is 0 Å². The van der Waals surface area contributed by atoms with Crippen LogP contribution in [0.25, 0.3) is 0 Å². The summed E-state index contributed by atoms with van der Waals surface area (Å²) in [6.07, 6.45) is 4.71. The van der Waals surface area contributed by atoms with E-state index in [1.807, 2.05) is 7.05 Å². The SMILES string of the molecule is CCCCNC(=O)CN1CCCC(CNC)C1. The molecule has 0 spiro atoms. The third-order valence-electron chi connectivity index (χ3n) is 3.32. The van der Waals surface area contributed by atoms with E-state index in [2.05, 4.69) is 22.5 Å². The first-order chi connectivity index (χ1) is 8.26. The Kier molecular flexibility index (Phi) is 7.21. The second-order valence-corrected chi connectivity index (χ2v) is 5.00. The van der Waals surface area contributed by atoms with Gasteiger partial charge in [0, 0.05) is 13.1 Å². The minimum Gasteiger partial charge on any atom is -0.355 e. The van der Waals surface area contributed by atoms with Crippen LogP contribution in [0.15, 0.2) is 0 Å². The van der Waals surface area contributed by atoms with Gasteiger partial charge in [0.15, 0.2) is 0 Å². The number of piperidine rings is 1. The molecule has 0 bridgehead atoms. The van der Waals surface area contributed by atoms with E-state index in [1.54, 1.807) is 0 Å². The fraction of sp³-hybridized carbons (Fsp3) is 0.923. The number of rotatable bonds is 7. The monoisotopic (exact) mass is 241 g/mol. The van der Waals surface area contributed by atoms with Crippen molar-refractivity contribution in [2.75, 3.05) is 39.8 Å². The summed E-state index contributed by atoms with van der Waals surface area (Å²) in [6, 6.07) is 0. The highest BCUT2D eigenvalue weighted by molar-refractivity contribution is 5.77. The third-order valence-corrected chi connectivity index (χ3v) is 3.32. The highest BCUT2D eigenvalue weighted by Gasteiger charge is 2.20. The standard InChI is InChI=1S/C13H27N3O/c1-3-4-7-15-13(17)11-16-8-5-6-12(10-16)9-14-2/h12,14H,3-11H2,1-2H3,(H,15,17). The first kappa shape index (κ1) is 14.5. The van der Waals surface area contributed by atoms with Crippen LogP contribution in [0.5, 0.6) is 0 Å². The molecule has 4 heteroatoms. The zero-order valence-electron chi connectivity index (χ0n) is 11.3. The molecular formula is C13H27N3O. The van der Waals surface area contributed by atoms with Gasteiger partial charge in [-0.05, 0) is 45.3 Å². The first-order valence-electron chi connectivity index (χ1n) is 6.90. The van der Waals surface area contributed by atoms with Crippen molar-refractivity contribution >= 4 is 5.91 Å². The topological polar surface area (TPSA) is 44.4 Å². The Balaban J connectivity index is 2.18. The molecule has 0 aromatic carbocycles. The number of hydrogen-bond acceptors (Lipinski definition) is 3. The molecule has 1 rings (SSSR count). The summed E-state index contributed by atoms with van der Waals surface area (Å²) in [7, 11) is 2.00. The quantitative estimate of drug-likeness (QED) is 0.649. The second-order valence-electron chi connectivity index (χ2n) is 5.00. The molecule has 1 aliphatic heterocycles. The Labute approximate surface area is 105 Å². The van der Waals surface area contributed by atoms with Gasteiger partial charge in [-0.15, -0.1) is 0 Å². The van der Waals surface area contributed by atoms with E-state index >= 15 is 0 Å². The highest BCUT2D eigenvalue weighted by Crippen LogP contribution is 2.14. The molecular weight excluding hydrogens is 214 g/mol. The number of nitrogens with zero attached hydrogens (tertiary/aromatic N) is 1. The fourth-order valence-electron chi connectivity index (χ4n) is 2.41. The van der Waals surface area contributed by atoms with Crippen molar-refractivity contribution in [3.63, 3.8) is 0 Å². The van der Waals surface area contributed by atoms with Gasteiger partial charge in [-0.3, -0.25) is 9.69 Å². The minimum absolute atomic E-state index is 0.184. The van der Waals surface area contributed by atoms with Gasteiger partial charge in [-0.1, -0.05) is 13.3 Å². The maximum absolute atomic E-state index is 11.7. The molecule has 0 aliphatic carbocycles. The van der Waals surface area contributed by atoms with Gasteiger partial charge in [0.1, 0.15) is 0 Å². The highest BCUT2D eigenvalue weighted by atomic mass is 16.2. The molecule has 2 N–H and O–H groups in total. The van der Waals surface area contributed by atoms with E-state index in [4.69, 9.17) is 0 Å². The van der Waals surface area contributed by atoms with Crippen LogP contribution in [-0.2, 0) is 4.79 Å². The summed E-state index contributed by atoms with van der Waals surface area (Å²) in [4.78, 5) is 14.0. The molecule has 0 saturated carbocycles. The zero-order valence-corrected chi connectivity index (χ0v) is 11.3. The molecule has 1 heterocycles. The van der Waals surface area contributed by atoms with Crippen LogP contribution in [0, 0.1) is 5.92 Å². The smallest absolute Gasteiger partial charge is 0.234 e. The maximum atomic E-state index is 11.7. The first-order valence-corrected chi connectivity index (χ1v) is 6.90. The van der Waals surface area contributed by atoms with Crippen LogP contribution in [-0.4, -0.2) is 50.6 Å². The van der Waals surface area contributed by atoms with Crippen molar-refractivity contribution in [2.24, 2.45) is 5.92 Å². The van der Waals surface area contributed by atoms with Gasteiger partial charge < -0.3 is 10.6 Å². The lowest BCUT2D eigenvalue weighted by Gasteiger charge is -2.32. The molecule has 1 aliphatic rings. The average Bonchev–Trinajstić information content (AvgIpc) is 2.30. The molecule has 1 amide bonds. The van der Waals surface area contributed by atoms with Crippen molar-refractivity contribution in [1.82, 2.24) is 15.5 Å². The molecule has 0 aromatic heterocycles. The van der Waals surface area contributed by atoms with Crippen LogP contribution < -0.4 is 10.6 Å². The summed E-state index contributed by atoms with van der Waals surface area (Å²) >= 11 is 0. The zero-order chi connectivity index (χ0) is 12.5. The maximum Gasteiger partial charge on any atom is 0.234 e. The van der Waals surface area contributed by atoms with Gasteiger partial charge in [-0.25, -0.2) is 0 Å². The Morgan fingerprint density at radius 1 is 1.47 bits per heavy atom. The molecule has 1 atom stereocenters. The predicted molar refractivity (Wildman–Crippen MR) is 71.0 cm³/mol. The number of hydrogen-bond donors (Lipinski definition) is 2. The molecule has 100 valence electrons. The fourth-order valence-corrected chi connectivity index (χ4v) is 2.41. The molecule has 1 unspecified atom stereocenters.